The molecule has 136 valence electrons. The highest BCUT2D eigenvalue weighted by Crippen LogP contribution is 2.59. The van der Waals surface area contributed by atoms with Crippen molar-refractivity contribution in [2.75, 3.05) is 5.32 Å². The Morgan fingerprint density at radius 3 is 1.89 bits per heavy atom. The van der Waals surface area contributed by atoms with Crippen LogP contribution in [0.1, 0.15) is 34.2 Å². The SMILES string of the molecule is Cc1ccc(C2(c3ccc(C)cc3)C[C@H]2C(=O)Nc2cccc(C)c2)cc1. The molecule has 1 amide bonds. The third-order valence-electron chi connectivity index (χ3n) is 5.70. The molecule has 0 unspecified atom stereocenters. The van der Waals surface area contributed by atoms with Crippen molar-refractivity contribution in [1.82, 2.24) is 0 Å². The molecule has 3 aromatic rings. The molecule has 27 heavy (non-hydrogen) atoms. The zero-order chi connectivity index (χ0) is 19.0. The zero-order valence-electron chi connectivity index (χ0n) is 16.1. The highest BCUT2D eigenvalue weighted by Gasteiger charge is 2.60. The van der Waals surface area contributed by atoms with Gasteiger partial charge in [-0.25, -0.2) is 0 Å². The van der Waals surface area contributed by atoms with Crippen molar-refractivity contribution >= 4 is 11.6 Å². The van der Waals surface area contributed by atoms with Gasteiger partial charge in [-0.15, -0.1) is 0 Å². The minimum Gasteiger partial charge on any atom is -0.326 e. The lowest BCUT2D eigenvalue weighted by Crippen LogP contribution is -2.22. The van der Waals surface area contributed by atoms with Crippen molar-refractivity contribution in [3.8, 4) is 0 Å². The summed E-state index contributed by atoms with van der Waals surface area (Å²) in [6.45, 7) is 6.23. The van der Waals surface area contributed by atoms with Gasteiger partial charge in [0.05, 0.1) is 5.92 Å². The molecule has 0 radical (unpaired) electrons. The zero-order valence-corrected chi connectivity index (χ0v) is 16.1. The Morgan fingerprint density at radius 2 is 1.37 bits per heavy atom. The predicted molar refractivity (Wildman–Crippen MR) is 111 cm³/mol. The molecule has 1 N–H and O–H groups in total. The monoisotopic (exact) mass is 355 g/mol. The number of hydrogen-bond acceptors (Lipinski definition) is 1. The van der Waals surface area contributed by atoms with E-state index in [2.05, 4.69) is 67.7 Å². The largest absolute Gasteiger partial charge is 0.326 e. The molecular formula is C25H25NO. The van der Waals surface area contributed by atoms with Crippen LogP contribution in [0.3, 0.4) is 0 Å². The molecule has 1 fully saturated rings. The van der Waals surface area contributed by atoms with E-state index in [1.807, 2.05) is 31.2 Å². The van der Waals surface area contributed by atoms with Gasteiger partial charge in [-0.05, 0) is 56.0 Å². The van der Waals surface area contributed by atoms with Gasteiger partial charge in [0.25, 0.3) is 0 Å². The Balaban J connectivity index is 1.67. The minimum absolute atomic E-state index is 0.0524. The summed E-state index contributed by atoms with van der Waals surface area (Å²) in [7, 11) is 0. The van der Waals surface area contributed by atoms with Crippen molar-refractivity contribution in [2.45, 2.75) is 32.6 Å². The van der Waals surface area contributed by atoms with Crippen molar-refractivity contribution in [3.63, 3.8) is 0 Å². The van der Waals surface area contributed by atoms with E-state index >= 15 is 0 Å². The van der Waals surface area contributed by atoms with Gasteiger partial charge in [0.2, 0.25) is 5.91 Å². The Labute approximate surface area is 161 Å². The highest BCUT2D eigenvalue weighted by molar-refractivity contribution is 5.97. The number of hydrogen-bond donors (Lipinski definition) is 1. The van der Waals surface area contributed by atoms with E-state index in [1.54, 1.807) is 0 Å². The van der Waals surface area contributed by atoms with Crippen LogP contribution in [0.15, 0.2) is 72.8 Å². The fraction of sp³-hybridized carbons (Fsp3) is 0.240. The van der Waals surface area contributed by atoms with Gasteiger partial charge >= 0.3 is 0 Å². The molecule has 1 saturated carbocycles. The lowest BCUT2D eigenvalue weighted by atomic mass is 9.85. The molecule has 3 aromatic carbocycles. The fourth-order valence-corrected chi connectivity index (χ4v) is 4.04. The number of rotatable bonds is 4. The smallest absolute Gasteiger partial charge is 0.228 e. The van der Waals surface area contributed by atoms with Gasteiger partial charge in [-0.1, -0.05) is 71.8 Å². The average molecular weight is 355 g/mol. The molecule has 0 heterocycles. The summed E-state index contributed by atoms with van der Waals surface area (Å²) in [4.78, 5) is 13.1. The Kier molecular flexibility index (Phi) is 4.35. The summed E-state index contributed by atoms with van der Waals surface area (Å²) in [5.41, 5.74) is 6.71. The molecule has 0 aliphatic heterocycles. The predicted octanol–water partition coefficient (Wildman–Crippen LogP) is 5.56. The van der Waals surface area contributed by atoms with Crippen molar-refractivity contribution in [3.05, 3.63) is 101 Å². The van der Waals surface area contributed by atoms with Crippen LogP contribution in [0.2, 0.25) is 0 Å². The Morgan fingerprint density at radius 1 is 0.815 bits per heavy atom. The van der Waals surface area contributed by atoms with E-state index in [9.17, 15) is 4.79 Å². The molecule has 1 aliphatic rings. The Hall–Kier alpha value is -2.87. The standard InChI is InChI=1S/C25H25NO/c1-17-7-11-20(12-8-17)25(21-13-9-18(2)10-14-21)16-23(25)24(27)26-22-6-4-5-19(3)15-22/h4-15,23H,16H2,1-3H3,(H,26,27)/t23-/m0/s1. The summed E-state index contributed by atoms with van der Waals surface area (Å²) >= 11 is 0. The second kappa shape index (κ2) is 6.70. The maximum absolute atomic E-state index is 13.1. The Bertz CT molecular complexity index is 924. The number of aryl methyl sites for hydroxylation is 3. The number of amides is 1. The summed E-state index contributed by atoms with van der Waals surface area (Å²) in [5, 5.41) is 3.12. The van der Waals surface area contributed by atoms with Crippen LogP contribution in [0.25, 0.3) is 0 Å². The molecule has 0 saturated heterocycles. The molecule has 0 bridgehead atoms. The average Bonchev–Trinajstić information content (AvgIpc) is 3.40. The van der Waals surface area contributed by atoms with Crippen LogP contribution in [-0.4, -0.2) is 5.91 Å². The van der Waals surface area contributed by atoms with Gasteiger partial charge in [0.15, 0.2) is 0 Å². The number of carbonyl (C=O) groups is 1. The van der Waals surface area contributed by atoms with E-state index < -0.39 is 0 Å². The number of anilines is 1. The summed E-state index contributed by atoms with van der Waals surface area (Å²) in [6.07, 6.45) is 0.844. The second-order valence-electron chi connectivity index (χ2n) is 7.82. The minimum atomic E-state index is -0.227. The van der Waals surface area contributed by atoms with Crippen molar-refractivity contribution < 1.29 is 4.79 Å². The molecule has 1 aliphatic carbocycles. The van der Waals surface area contributed by atoms with Gasteiger partial charge in [-0.3, -0.25) is 4.79 Å². The number of nitrogens with one attached hydrogen (secondary N) is 1. The number of carbonyl (C=O) groups excluding carboxylic acids is 1. The lowest BCUT2D eigenvalue weighted by Gasteiger charge is -2.19. The normalized spacial score (nSPS) is 17.4. The maximum Gasteiger partial charge on any atom is 0.228 e. The molecule has 4 rings (SSSR count). The van der Waals surface area contributed by atoms with Crippen LogP contribution in [0, 0.1) is 26.7 Å². The van der Waals surface area contributed by atoms with Crippen molar-refractivity contribution in [1.29, 1.82) is 0 Å². The second-order valence-corrected chi connectivity index (χ2v) is 7.82. The van der Waals surface area contributed by atoms with Gasteiger partial charge in [0, 0.05) is 11.1 Å². The molecule has 1 atom stereocenters. The van der Waals surface area contributed by atoms with Crippen molar-refractivity contribution in [2.24, 2.45) is 5.92 Å². The first-order valence-electron chi connectivity index (χ1n) is 9.51. The topological polar surface area (TPSA) is 29.1 Å². The van der Waals surface area contributed by atoms with Gasteiger partial charge in [-0.2, -0.15) is 0 Å². The van der Waals surface area contributed by atoms with E-state index in [0.717, 1.165) is 17.7 Å². The molecule has 0 aromatic heterocycles. The van der Waals surface area contributed by atoms with Gasteiger partial charge in [0.1, 0.15) is 0 Å². The van der Waals surface area contributed by atoms with Crippen LogP contribution >= 0.6 is 0 Å². The number of benzene rings is 3. The van der Waals surface area contributed by atoms with E-state index in [0.29, 0.717) is 0 Å². The first-order valence-corrected chi connectivity index (χ1v) is 9.51. The lowest BCUT2D eigenvalue weighted by molar-refractivity contribution is -0.117. The van der Waals surface area contributed by atoms with Crippen LogP contribution in [0.5, 0.6) is 0 Å². The van der Waals surface area contributed by atoms with Crippen LogP contribution in [0.4, 0.5) is 5.69 Å². The third kappa shape index (κ3) is 3.28. The fourth-order valence-electron chi connectivity index (χ4n) is 4.04. The summed E-state index contributed by atoms with van der Waals surface area (Å²) in [6, 6.07) is 25.2. The molecule has 2 heteroatoms. The third-order valence-corrected chi connectivity index (χ3v) is 5.70. The van der Waals surface area contributed by atoms with Crippen LogP contribution in [-0.2, 0) is 10.2 Å². The molecular weight excluding hydrogens is 330 g/mol. The van der Waals surface area contributed by atoms with Gasteiger partial charge < -0.3 is 5.32 Å². The first kappa shape index (κ1) is 17.5. The van der Waals surface area contributed by atoms with E-state index in [4.69, 9.17) is 0 Å². The maximum atomic E-state index is 13.1. The van der Waals surface area contributed by atoms with E-state index in [-0.39, 0.29) is 17.2 Å². The summed E-state index contributed by atoms with van der Waals surface area (Å²) in [5.74, 6) is 0.0465. The van der Waals surface area contributed by atoms with E-state index in [1.165, 1.54) is 22.3 Å². The van der Waals surface area contributed by atoms with Crippen LogP contribution < -0.4 is 5.32 Å². The quantitative estimate of drug-likeness (QED) is 0.652. The highest BCUT2D eigenvalue weighted by atomic mass is 16.2. The molecule has 2 nitrogen and oxygen atoms in total. The summed E-state index contributed by atoms with van der Waals surface area (Å²) < 4.78 is 0. The first-order chi connectivity index (χ1) is 13.0. The molecule has 0 spiro atoms.